The van der Waals surface area contributed by atoms with E-state index in [1.165, 1.54) is 7.11 Å². The summed E-state index contributed by atoms with van der Waals surface area (Å²) in [5.41, 5.74) is 0.917. The fourth-order valence-electron chi connectivity index (χ4n) is 0.989. The Kier molecular flexibility index (Phi) is 3.58. The molecule has 0 bridgehead atoms. The van der Waals surface area contributed by atoms with E-state index in [1.807, 2.05) is 0 Å². The predicted molar refractivity (Wildman–Crippen MR) is 49.3 cm³/mol. The van der Waals surface area contributed by atoms with E-state index in [2.05, 4.69) is 20.4 Å². The van der Waals surface area contributed by atoms with Crippen molar-refractivity contribution in [2.75, 3.05) is 7.11 Å². The zero-order valence-electron chi connectivity index (χ0n) is 8.52. The van der Waals surface area contributed by atoms with E-state index in [1.54, 1.807) is 24.9 Å². The summed E-state index contributed by atoms with van der Waals surface area (Å²) in [6, 6.07) is -0.324. The molecule has 0 spiro atoms. The first kappa shape index (κ1) is 10.6. The van der Waals surface area contributed by atoms with Crippen molar-refractivity contribution in [2.45, 2.75) is 19.5 Å². The van der Waals surface area contributed by atoms with Crippen molar-refractivity contribution in [1.29, 1.82) is 0 Å². The lowest BCUT2D eigenvalue weighted by Crippen LogP contribution is -2.34. The molecule has 0 amide bonds. The molecule has 0 radical (unpaired) electrons. The summed E-state index contributed by atoms with van der Waals surface area (Å²) in [7, 11) is 3.17. The Morgan fingerprint density at radius 3 is 3.00 bits per heavy atom. The molecule has 1 aromatic heterocycles. The van der Waals surface area contributed by atoms with Crippen LogP contribution in [0.25, 0.3) is 0 Å². The fourth-order valence-corrected chi connectivity index (χ4v) is 0.989. The molecule has 1 atom stereocenters. The third kappa shape index (κ3) is 2.53. The highest BCUT2D eigenvalue weighted by atomic mass is 16.5. The van der Waals surface area contributed by atoms with Crippen LogP contribution in [0, 0.1) is 0 Å². The molecule has 1 N–H and O–H groups in total. The van der Waals surface area contributed by atoms with Gasteiger partial charge in [0.05, 0.1) is 19.0 Å². The molecule has 6 nitrogen and oxygen atoms in total. The Bertz CT molecular complexity index is 310. The topological polar surface area (TPSA) is 69.0 Å². The van der Waals surface area contributed by atoms with E-state index in [0.717, 1.165) is 5.69 Å². The standard InChI is InChI=1S/C8H14N4O2/c1-6(8(13)14-3)9-4-7-5-10-11-12(7)2/h5-6,9H,4H2,1-3H3/t6-/m0/s1. The zero-order chi connectivity index (χ0) is 10.6. The van der Waals surface area contributed by atoms with Crippen LogP contribution in [-0.4, -0.2) is 34.1 Å². The van der Waals surface area contributed by atoms with Gasteiger partial charge in [0.1, 0.15) is 6.04 Å². The molecular formula is C8H14N4O2. The van der Waals surface area contributed by atoms with Crippen LogP contribution in [0.3, 0.4) is 0 Å². The number of nitrogens with zero attached hydrogens (tertiary/aromatic N) is 3. The van der Waals surface area contributed by atoms with Gasteiger partial charge < -0.3 is 4.74 Å². The van der Waals surface area contributed by atoms with Crippen LogP contribution in [0.15, 0.2) is 6.20 Å². The van der Waals surface area contributed by atoms with Crippen LogP contribution in [0.5, 0.6) is 0 Å². The average Bonchev–Trinajstić information content (AvgIpc) is 2.59. The van der Waals surface area contributed by atoms with Gasteiger partial charge in [-0.15, -0.1) is 5.10 Å². The molecule has 0 fully saturated rings. The largest absolute Gasteiger partial charge is 0.468 e. The molecule has 0 aliphatic carbocycles. The number of ether oxygens (including phenoxy) is 1. The first-order valence-electron chi connectivity index (χ1n) is 4.30. The van der Waals surface area contributed by atoms with Crippen LogP contribution >= 0.6 is 0 Å². The molecular weight excluding hydrogens is 184 g/mol. The number of rotatable bonds is 4. The lowest BCUT2D eigenvalue weighted by molar-refractivity contribution is -0.142. The Morgan fingerprint density at radius 1 is 1.79 bits per heavy atom. The highest BCUT2D eigenvalue weighted by Crippen LogP contribution is 1.94. The Hall–Kier alpha value is -1.43. The molecule has 0 unspecified atom stereocenters. The predicted octanol–water partition coefficient (Wildman–Crippen LogP) is -0.534. The molecule has 0 aromatic carbocycles. The smallest absolute Gasteiger partial charge is 0.322 e. The van der Waals surface area contributed by atoms with Crippen LogP contribution in [-0.2, 0) is 23.1 Å². The number of aryl methyl sites for hydroxylation is 1. The first-order chi connectivity index (χ1) is 6.65. The van der Waals surface area contributed by atoms with E-state index >= 15 is 0 Å². The Morgan fingerprint density at radius 2 is 2.50 bits per heavy atom. The molecule has 14 heavy (non-hydrogen) atoms. The van der Waals surface area contributed by atoms with Gasteiger partial charge in [0.15, 0.2) is 0 Å². The van der Waals surface area contributed by atoms with Gasteiger partial charge >= 0.3 is 5.97 Å². The van der Waals surface area contributed by atoms with Crippen molar-refractivity contribution in [3.05, 3.63) is 11.9 Å². The van der Waals surface area contributed by atoms with Gasteiger partial charge in [0, 0.05) is 13.6 Å². The monoisotopic (exact) mass is 198 g/mol. The van der Waals surface area contributed by atoms with Crippen LogP contribution < -0.4 is 5.32 Å². The van der Waals surface area contributed by atoms with Crippen LogP contribution in [0.2, 0.25) is 0 Å². The summed E-state index contributed by atoms with van der Waals surface area (Å²) in [6.45, 7) is 2.29. The third-order valence-corrected chi connectivity index (χ3v) is 1.95. The maximum atomic E-state index is 11.0. The number of hydrogen-bond donors (Lipinski definition) is 1. The first-order valence-corrected chi connectivity index (χ1v) is 4.30. The number of aromatic nitrogens is 3. The van der Waals surface area contributed by atoms with Crippen molar-refractivity contribution in [1.82, 2.24) is 20.3 Å². The lowest BCUT2D eigenvalue weighted by atomic mass is 10.3. The number of carbonyl (C=O) groups is 1. The zero-order valence-corrected chi connectivity index (χ0v) is 8.52. The number of esters is 1. The van der Waals surface area contributed by atoms with E-state index in [0.29, 0.717) is 6.54 Å². The van der Waals surface area contributed by atoms with Crippen molar-refractivity contribution >= 4 is 5.97 Å². The molecule has 0 saturated heterocycles. The molecule has 0 aliphatic heterocycles. The molecule has 6 heteroatoms. The minimum Gasteiger partial charge on any atom is -0.468 e. The van der Waals surface area contributed by atoms with E-state index < -0.39 is 0 Å². The summed E-state index contributed by atoms with van der Waals surface area (Å²) >= 11 is 0. The van der Waals surface area contributed by atoms with Gasteiger partial charge in [-0.05, 0) is 6.92 Å². The minimum atomic E-state index is -0.324. The van der Waals surface area contributed by atoms with Crippen molar-refractivity contribution in [3.63, 3.8) is 0 Å². The summed E-state index contributed by atoms with van der Waals surface area (Å²) in [5.74, 6) is -0.278. The van der Waals surface area contributed by atoms with Gasteiger partial charge in [0.25, 0.3) is 0 Å². The number of nitrogens with one attached hydrogen (secondary N) is 1. The molecule has 0 saturated carbocycles. The number of methoxy groups -OCH3 is 1. The molecule has 0 aliphatic rings. The summed E-state index contributed by atoms with van der Waals surface area (Å²) < 4.78 is 6.22. The normalized spacial score (nSPS) is 12.5. The molecule has 1 aromatic rings. The maximum absolute atomic E-state index is 11.0. The van der Waals surface area contributed by atoms with Crippen molar-refractivity contribution in [2.24, 2.45) is 7.05 Å². The SMILES string of the molecule is COC(=O)[C@H](C)NCc1cnnn1C. The van der Waals surface area contributed by atoms with Gasteiger partial charge in [-0.1, -0.05) is 5.21 Å². The second-order valence-electron chi connectivity index (χ2n) is 2.97. The van der Waals surface area contributed by atoms with E-state index in [-0.39, 0.29) is 12.0 Å². The highest BCUT2D eigenvalue weighted by Gasteiger charge is 2.12. The summed E-state index contributed by atoms with van der Waals surface area (Å²) in [6.07, 6.45) is 1.65. The summed E-state index contributed by atoms with van der Waals surface area (Å²) in [5, 5.41) is 10.5. The molecule has 78 valence electrons. The van der Waals surface area contributed by atoms with Gasteiger partial charge in [-0.3, -0.25) is 14.8 Å². The minimum absolute atomic E-state index is 0.278. The number of carbonyl (C=O) groups excluding carboxylic acids is 1. The van der Waals surface area contributed by atoms with Gasteiger partial charge in [0.2, 0.25) is 0 Å². The van der Waals surface area contributed by atoms with Gasteiger partial charge in [-0.25, -0.2) is 0 Å². The maximum Gasteiger partial charge on any atom is 0.322 e. The van der Waals surface area contributed by atoms with Gasteiger partial charge in [-0.2, -0.15) is 0 Å². The lowest BCUT2D eigenvalue weighted by Gasteiger charge is -2.10. The highest BCUT2D eigenvalue weighted by molar-refractivity contribution is 5.74. The van der Waals surface area contributed by atoms with Crippen molar-refractivity contribution in [3.8, 4) is 0 Å². The number of hydrogen-bond acceptors (Lipinski definition) is 5. The van der Waals surface area contributed by atoms with Crippen LogP contribution in [0.4, 0.5) is 0 Å². The quantitative estimate of drug-likeness (QED) is 0.658. The molecule has 1 heterocycles. The third-order valence-electron chi connectivity index (χ3n) is 1.95. The van der Waals surface area contributed by atoms with E-state index in [4.69, 9.17) is 0 Å². The Balaban J connectivity index is 2.41. The average molecular weight is 198 g/mol. The molecule has 1 rings (SSSR count). The second kappa shape index (κ2) is 4.71. The fraction of sp³-hybridized carbons (Fsp3) is 0.625. The Labute approximate surface area is 82.2 Å². The van der Waals surface area contributed by atoms with Crippen molar-refractivity contribution < 1.29 is 9.53 Å². The van der Waals surface area contributed by atoms with E-state index in [9.17, 15) is 4.79 Å². The summed E-state index contributed by atoms with van der Waals surface area (Å²) in [4.78, 5) is 11.0. The second-order valence-corrected chi connectivity index (χ2v) is 2.97. The van der Waals surface area contributed by atoms with Crippen LogP contribution in [0.1, 0.15) is 12.6 Å².